The Bertz CT molecular complexity index is 768. The topological polar surface area (TPSA) is 67.6 Å². The maximum atomic E-state index is 13.0. The van der Waals surface area contributed by atoms with Gasteiger partial charge in [-0.25, -0.2) is 4.39 Å². The van der Waals surface area contributed by atoms with Gasteiger partial charge in [0.1, 0.15) is 18.1 Å². The van der Waals surface area contributed by atoms with Gasteiger partial charge in [-0.15, -0.1) is 0 Å². The molecule has 2 atom stereocenters. The molecule has 1 aromatic carbocycles. The lowest BCUT2D eigenvalue weighted by Crippen LogP contribution is -2.40. The van der Waals surface area contributed by atoms with E-state index in [1.165, 1.54) is 18.6 Å². The molecule has 1 aromatic heterocycles. The van der Waals surface area contributed by atoms with Gasteiger partial charge in [0.25, 0.3) is 0 Å². The Kier molecular flexibility index (Phi) is 7.77. The Morgan fingerprint density at radius 3 is 2.72 bits per heavy atom. The zero-order valence-electron chi connectivity index (χ0n) is 17.2. The third kappa shape index (κ3) is 6.94. The molecule has 6 nitrogen and oxygen atoms in total. The standard InChI is InChI=1S/C22H30FN3O3/c1-16-10-17(2)13-26(12-16)9-3-8-24-22(27)15-28-14-20-11-21(29-25-20)18-4-6-19(23)7-5-18/h4-7,11,16-17H,3,8-10,12-15H2,1-2H3,(H,24,27)/t16-,17+. The van der Waals surface area contributed by atoms with Crippen molar-refractivity contribution in [2.24, 2.45) is 11.8 Å². The maximum absolute atomic E-state index is 13.0. The van der Waals surface area contributed by atoms with Crippen molar-refractivity contribution in [3.05, 3.63) is 41.8 Å². The first-order valence-corrected chi connectivity index (χ1v) is 10.3. The van der Waals surface area contributed by atoms with Gasteiger partial charge in [0.15, 0.2) is 5.76 Å². The molecule has 0 spiro atoms. The number of carbonyl (C=O) groups excluding carboxylic acids is 1. The third-order valence-corrected chi connectivity index (χ3v) is 5.09. The first-order valence-electron chi connectivity index (χ1n) is 10.3. The number of halogens is 1. The molecule has 7 heteroatoms. The molecule has 1 fully saturated rings. The monoisotopic (exact) mass is 403 g/mol. The van der Waals surface area contributed by atoms with E-state index in [0.29, 0.717) is 18.0 Å². The van der Waals surface area contributed by atoms with Crippen LogP contribution < -0.4 is 5.32 Å². The summed E-state index contributed by atoms with van der Waals surface area (Å²) in [4.78, 5) is 14.4. The van der Waals surface area contributed by atoms with Gasteiger partial charge in [-0.2, -0.15) is 0 Å². The number of piperidine rings is 1. The number of amides is 1. The largest absolute Gasteiger partial charge is 0.365 e. The first-order chi connectivity index (χ1) is 14.0. The molecule has 1 aliphatic rings. The number of nitrogens with zero attached hydrogens (tertiary/aromatic N) is 2. The van der Waals surface area contributed by atoms with Crippen LogP contribution in [-0.2, 0) is 16.1 Å². The molecule has 0 aliphatic carbocycles. The molecule has 0 bridgehead atoms. The van der Waals surface area contributed by atoms with Crippen molar-refractivity contribution in [1.29, 1.82) is 0 Å². The highest BCUT2D eigenvalue weighted by Gasteiger charge is 2.21. The van der Waals surface area contributed by atoms with Crippen molar-refractivity contribution in [2.45, 2.75) is 33.3 Å². The average Bonchev–Trinajstić information content (AvgIpc) is 3.14. The molecule has 29 heavy (non-hydrogen) atoms. The van der Waals surface area contributed by atoms with Crippen LogP contribution in [0.15, 0.2) is 34.9 Å². The summed E-state index contributed by atoms with van der Waals surface area (Å²) < 4.78 is 23.6. The van der Waals surface area contributed by atoms with Crippen LogP contribution in [0.2, 0.25) is 0 Å². The van der Waals surface area contributed by atoms with E-state index < -0.39 is 0 Å². The second-order valence-corrected chi connectivity index (χ2v) is 8.09. The summed E-state index contributed by atoms with van der Waals surface area (Å²) in [5.74, 6) is 1.61. The van der Waals surface area contributed by atoms with E-state index in [-0.39, 0.29) is 24.9 Å². The number of carbonyl (C=O) groups is 1. The highest BCUT2D eigenvalue weighted by atomic mass is 19.1. The number of nitrogens with one attached hydrogen (secondary N) is 1. The fourth-order valence-corrected chi connectivity index (χ4v) is 3.93. The summed E-state index contributed by atoms with van der Waals surface area (Å²) in [7, 11) is 0. The van der Waals surface area contributed by atoms with Crippen molar-refractivity contribution in [3.8, 4) is 11.3 Å². The SMILES string of the molecule is C[C@@H]1C[C@H](C)CN(CCCNC(=O)COCc2cc(-c3ccc(F)cc3)on2)C1. The number of likely N-dealkylation sites (tertiary alicyclic amines) is 1. The Labute approximate surface area is 171 Å². The summed E-state index contributed by atoms with van der Waals surface area (Å²) in [6.45, 7) is 8.75. The minimum atomic E-state index is -0.303. The lowest BCUT2D eigenvalue weighted by molar-refractivity contribution is -0.126. The second-order valence-electron chi connectivity index (χ2n) is 8.09. The van der Waals surface area contributed by atoms with Crippen LogP contribution in [0.1, 0.15) is 32.4 Å². The quantitative estimate of drug-likeness (QED) is 0.650. The number of aromatic nitrogens is 1. The molecular weight excluding hydrogens is 373 g/mol. The summed E-state index contributed by atoms with van der Waals surface area (Å²) in [5.41, 5.74) is 1.32. The lowest BCUT2D eigenvalue weighted by atomic mass is 9.92. The fraction of sp³-hybridized carbons (Fsp3) is 0.545. The van der Waals surface area contributed by atoms with E-state index in [1.54, 1.807) is 18.2 Å². The highest BCUT2D eigenvalue weighted by molar-refractivity contribution is 5.77. The molecule has 0 radical (unpaired) electrons. The van der Waals surface area contributed by atoms with Gasteiger partial charge in [0, 0.05) is 31.3 Å². The van der Waals surface area contributed by atoms with E-state index in [9.17, 15) is 9.18 Å². The van der Waals surface area contributed by atoms with Crippen LogP contribution in [0.3, 0.4) is 0 Å². The average molecular weight is 403 g/mol. The van der Waals surface area contributed by atoms with Gasteiger partial charge in [-0.05, 0) is 55.5 Å². The Morgan fingerprint density at radius 2 is 2.00 bits per heavy atom. The summed E-state index contributed by atoms with van der Waals surface area (Å²) in [6, 6.07) is 7.71. The number of benzene rings is 1. The molecule has 158 valence electrons. The predicted molar refractivity (Wildman–Crippen MR) is 109 cm³/mol. The molecular formula is C22H30FN3O3. The zero-order valence-corrected chi connectivity index (χ0v) is 17.2. The second kappa shape index (κ2) is 10.5. The smallest absolute Gasteiger partial charge is 0.246 e. The van der Waals surface area contributed by atoms with Crippen LogP contribution in [0, 0.1) is 17.7 Å². The molecule has 1 aliphatic heterocycles. The van der Waals surface area contributed by atoms with Gasteiger partial charge in [-0.1, -0.05) is 19.0 Å². The predicted octanol–water partition coefficient (Wildman–Crippen LogP) is 3.48. The fourth-order valence-electron chi connectivity index (χ4n) is 3.93. The van der Waals surface area contributed by atoms with Crippen LogP contribution in [0.25, 0.3) is 11.3 Å². The van der Waals surface area contributed by atoms with Crippen LogP contribution >= 0.6 is 0 Å². The van der Waals surface area contributed by atoms with E-state index in [0.717, 1.165) is 43.5 Å². The van der Waals surface area contributed by atoms with E-state index in [2.05, 4.69) is 29.2 Å². The summed E-state index contributed by atoms with van der Waals surface area (Å²) in [6.07, 6.45) is 2.25. The normalized spacial score (nSPS) is 20.0. The van der Waals surface area contributed by atoms with Crippen LogP contribution in [0.4, 0.5) is 4.39 Å². The van der Waals surface area contributed by atoms with Crippen LogP contribution in [-0.4, -0.2) is 48.7 Å². The van der Waals surface area contributed by atoms with Crippen molar-refractivity contribution < 1.29 is 18.4 Å². The van der Waals surface area contributed by atoms with Gasteiger partial charge in [-0.3, -0.25) is 4.79 Å². The minimum Gasteiger partial charge on any atom is -0.365 e. The van der Waals surface area contributed by atoms with Gasteiger partial charge in [0.05, 0.1) is 6.61 Å². The molecule has 2 heterocycles. The Balaban J connectivity index is 1.30. The molecule has 0 saturated carbocycles. The Morgan fingerprint density at radius 1 is 1.28 bits per heavy atom. The van der Waals surface area contributed by atoms with Crippen LogP contribution in [0.5, 0.6) is 0 Å². The molecule has 1 N–H and O–H groups in total. The molecule has 0 unspecified atom stereocenters. The van der Waals surface area contributed by atoms with E-state index in [4.69, 9.17) is 9.26 Å². The number of rotatable bonds is 9. The molecule has 1 saturated heterocycles. The maximum Gasteiger partial charge on any atom is 0.246 e. The van der Waals surface area contributed by atoms with E-state index >= 15 is 0 Å². The minimum absolute atomic E-state index is 0.0173. The molecule has 1 amide bonds. The third-order valence-electron chi connectivity index (χ3n) is 5.09. The van der Waals surface area contributed by atoms with Gasteiger partial charge < -0.3 is 19.5 Å². The van der Waals surface area contributed by atoms with Gasteiger partial charge >= 0.3 is 0 Å². The number of hydrogen-bond acceptors (Lipinski definition) is 5. The number of hydrogen-bond donors (Lipinski definition) is 1. The highest BCUT2D eigenvalue weighted by Crippen LogP contribution is 2.21. The summed E-state index contributed by atoms with van der Waals surface area (Å²) >= 11 is 0. The number of ether oxygens (including phenoxy) is 1. The lowest BCUT2D eigenvalue weighted by Gasteiger charge is -2.34. The first kappa shape index (κ1) is 21.5. The zero-order chi connectivity index (χ0) is 20.6. The van der Waals surface area contributed by atoms with Crippen molar-refractivity contribution in [1.82, 2.24) is 15.4 Å². The van der Waals surface area contributed by atoms with Gasteiger partial charge in [0.2, 0.25) is 5.91 Å². The molecule has 3 rings (SSSR count). The van der Waals surface area contributed by atoms with Crippen molar-refractivity contribution in [2.75, 3.05) is 32.8 Å². The van der Waals surface area contributed by atoms with E-state index in [1.807, 2.05) is 0 Å². The molecule has 2 aromatic rings. The van der Waals surface area contributed by atoms with Crippen molar-refractivity contribution >= 4 is 5.91 Å². The Hall–Kier alpha value is -2.25. The summed E-state index contributed by atoms with van der Waals surface area (Å²) in [5, 5.41) is 6.82. The van der Waals surface area contributed by atoms with Crippen molar-refractivity contribution in [3.63, 3.8) is 0 Å².